The fourth-order valence-corrected chi connectivity index (χ4v) is 1.23. The Morgan fingerprint density at radius 3 is 2.87 bits per heavy atom. The molecule has 0 aliphatic rings. The minimum absolute atomic E-state index is 0.0625. The van der Waals surface area contributed by atoms with E-state index in [0.29, 0.717) is 0 Å². The molecular formula is C11H17N3O. The van der Waals surface area contributed by atoms with Gasteiger partial charge < -0.3 is 5.32 Å². The van der Waals surface area contributed by atoms with Crippen LogP contribution in [0.2, 0.25) is 0 Å². The number of aromatic nitrogens is 2. The first-order valence-corrected chi connectivity index (χ1v) is 5.18. The van der Waals surface area contributed by atoms with Crippen molar-refractivity contribution in [2.24, 2.45) is 0 Å². The van der Waals surface area contributed by atoms with E-state index in [2.05, 4.69) is 10.4 Å². The lowest BCUT2D eigenvalue weighted by molar-refractivity contribution is -0.112. The Balaban J connectivity index is 2.62. The molecule has 0 unspecified atom stereocenters. The monoisotopic (exact) mass is 207 g/mol. The van der Waals surface area contributed by atoms with E-state index < -0.39 is 0 Å². The number of amides is 1. The summed E-state index contributed by atoms with van der Waals surface area (Å²) in [5.74, 6) is -0.0625. The van der Waals surface area contributed by atoms with Crippen LogP contribution in [-0.4, -0.2) is 15.7 Å². The summed E-state index contributed by atoms with van der Waals surface area (Å²) in [5, 5.41) is 6.87. The summed E-state index contributed by atoms with van der Waals surface area (Å²) in [7, 11) is 0. The number of nitrogens with one attached hydrogen (secondary N) is 1. The zero-order valence-electron chi connectivity index (χ0n) is 9.45. The normalized spacial score (nSPS) is 11.5. The topological polar surface area (TPSA) is 46.9 Å². The molecule has 0 saturated carbocycles. The van der Waals surface area contributed by atoms with Crippen LogP contribution in [-0.2, 0) is 11.3 Å². The van der Waals surface area contributed by atoms with Crippen LogP contribution in [0.4, 0.5) is 5.69 Å². The molecule has 0 saturated heterocycles. The fraction of sp³-hybridized carbons (Fsp3) is 0.455. The van der Waals surface area contributed by atoms with E-state index in [-0.39, 0.29) is 5.91 Å². The Hall–Kier alpha value is -1.58. The molecule has 0 aliphatic heterocycles. The van der Waals surface area contributed by atoms with Crippen LogP contribution in [0.5, 0.6) is 0 Å². The van der Waals surface area contributed by atoms with Gasteiger partial charge in [-0.2, -0.15) is 5.10 Å². The number of allylic oxidation sites excluding steroid dienone is 1. The number of carbonyl (C=O) groups excluding carboxylic acids is 1. The molecule has 0 fully saturated rings. The highest BCUT2D eigenvalue weighted by Crippen LogP contribution is 2.07. The van der Waals surface area contributed by atoms with Crippen LogP contribution >= 0.6 is 0 Å². The Morgan fingerprint density at radius 2 is 2.33 bits per heavy atom. The predicted molar refractivity (Wildman–Crippen MR) is 60.6 cm³/mol. The third-order valence-corrected chi connectivity index (χ3v) is 2.08. The van der Waals surface area contributed by atoms with E-state index in [1.54, 1.807) is 10.9 Å². The van der Waals surface area contributed by atoms with Crippen LogP contribution in [0, 0.1) is 0 Å². The molecule has 1 rings (SSSR count). The van der Waals surface area contributed by atoms with E-state index in [9.17, 15) is 4.79 Å². The van der Waals surface area contributed by atoms with Crippen LogP contribution in [0.1, 0.15) is 27.2 Å². The average molecular weight is 207 g/mol. The van der Waals surface area contributed by atoms with Gasteiger partial charge in [0.05, 0.1) is 11.9 Å². The first kappa shape index (κ1) is 11.5. The average Bonchev–Trinajstić information content (AvgIpc) is 2.66. The first-order chi connectivity index (χ1) is 7.17. The summed E-state index contributed by atoms with van der Waals surface area (Å²) in [6.45, 7) is 6.62. The highest BCUT2D eigenvalue weighted by atomic mass is 16.1. The van der Waals surface area contributed by atoms with Gasteiger partial charge in [0.25, 0.3) is 5.91 Å². The van der Waals surface area contributed by atoms with E-state index in [0.717, 1.165) is 24.2 Å². The van der Waals surface area contributed by atoms with E-state index in [4.69, 9.17) is 0 Å². The van der Waals surface area contributed by atoms with Gasteiger partial charge in [0.2, 0.25) is 0 Å². The number of hydrogen-bond donors (Lipinski definition) is 1. The third-order valence-electron chi connectivity index (χ3n) is 2.08. The molecule has 1 aromatic rings. The number of hydrogen-bond acceptors (Lipinski definition) is 2. The minimum atomic E-state index is -0.0625. The quantitative estimate of drug-likeness (QED) is 0.769. The minimum Gasteiger partial charge on any atom is -0.320 e. The SMILES string of the molecule is CC/C=C(/C)C(=O)Nc1cnn(CC)c1. The molecule has 0 aromatic carbocycles. The maximum absolute atomic E-state index is 11.6. The van der Waals surface area contributed by atoms with Gasteiger partial charge >= 0.3 is 0 Å². The van der Waals surface area contributed by atoms with E-state index >= 15 is 0 Å². The van der Waals surface area contributed by atoms with Crippen molar-refractivity contribution < 1.29 is 4.79 Å². The summed E-state index contributed by atoms with van der Waals surface area (Å²) < 4.78 is 1.77. The summed E-state index contributed by atoms with van der Waals surface area (Å²) >= 11 is 0. The fourth-order valence-electron chi connectivity index (χ4n) is 1.23. The van der Waals surface area contributed by atoms with Crippen LogP contribution < -0.4 is 5.32 Å². The van der Waals surface area contributed by atoms with Crippen molar-refractivity contribution in [2.45, 2.75) is 33.7 Å². The van der Waals surface area contributed by atoms with Crippen molar-refractivity contribution in [2.75, 3.05) is 5.32 Å². The number of anilines is 1. The van der Waals surface area contributed by atoms with Crippen LogP contribution in [0.25, 0.3) is 0 Å². The van der Waals surface area contributed by atoms with Gasteiger partial charge in [-0.05, 0) is 20.3 Å². The smallest absolute Gasteiger partial charge is 0.251 e. The molecule has 1 aromatic heterocycles. The zero-order chi connectivity index (χ0) is 11.3. The van der Waals surface area contributed by atoms with Crippen molar-refractivity contribution in [1.82, 2.24) is 9.78 Å². The zero-order valence-corrected chi connectivity index (χ0v) is 9.45. The molecule has 4 heteroatoms. The van der Waals surface area contributed by atoms with Gasteiger partial charge in [-0.1, -0.05) is 13.0 Å². The predicted octanol–water partition coefficient (Wildman–Crippen LogP) is 2.20. The van der Waals surface area contributed by atoms with Crippen molar-refractivity contribution in [3.63, 3.8) is 0 Å². The molecule has 0 bridgehead atoms. The summed E-state index contributed by atoms with van der Waals surface area (Å²) in [6.07, 6.45) is 6.24. The van der Waals surface area contributed by atoms with Gasteiger partial charge in [-0.25, -0.2) is 0 Å². The molecule has 1 N–H and O–H groups in total. The lowest BCUT2D eigenvalue weighted by Crippen LogP contribution is -2.12. The molecule has 4 nitrogen and oxygen atoms in total. The molecule has 1 heterocycles. The Bertz CT molecular complexity index is 366. The largest absolute Gasteiger partial charge is 0.320 e. The Labute approximate surface area is 90.0 Å². The van der Waals surface area contributed by atoms with Crippen molar-refractivity contribution in [3.05, 3.63) is 24.0 Å². The van der Waals surface area contributed by atoms with Gasteiger partial charge in [0.15, 0.2) is 0 Å². The highest BCUT2D eigenvalue weighted by Gasteiger charge is 2.05. The molecular weight excluding hydrogens is 190 g/mol. The summed E-state index contributed by atoms with van der Waals surface area (Å²) in [5.41, 5.74) is 1.48. The number of carbonyl (C=O) groups is 1. The Kier molecular flexibility index (Phi) is 4.09. The van der Waals surface area contributed by atoms with Gasteiger partial charge in [0.1, 0.15) is 0 Å². The number of nitrogens with zero attached hydrogens (tertiary/aromatic N) is 2. The Morgan fingerprint density at radius 1 is 1.60 bits per heavy atom. The highest BCUT2D eigenvalue weighted by molar-refractivity contribution is 6.03. The molecule has 15 heavy (non-hydrogen) atoms. The molecule has 0 aliphatic carbocycles. The molecule has 0 radical (unpaired) electrons. The van der Waals surface area contributed by atoms with Gasteiger partial charge in [0, 0.05) is 18.3 Å². The molecule has 1 amide bonds. The maximum Gasteiger partial charge on any atom is 0.251 e. The second-order valence-electron chi connectivity index (χ2n) is 3.33. The van der Waals surface area contributed by atoms with Crippen molar-refractivity contribution >= 4 is 11.6 Å². The van der Waals surface area contributed by atoms with Gasteiger partial charge in [-0.3, -0.25) is 9.48 Å². The molecule has 0 spiro atoms. The van der Waals surface area contributed by atoms with Crippen molar-refractivity contribution in [1.29, 1.82) is 0 Å². The number of rotatable bonds is 4. The van der Waals surface area contributed by atoms with E-state index in [1.807, 2.05) is 33.0 Å². The molecule has 0 atom stereocenters. The van der Waals surface area contributed by atoms with E-state index in [1.165, 1.54) is 0 Å². The summed E-state index contributed by atoms with van der Waals surface area (Å²) in [4.78, 5) is 11.6. The summed E-state index contributed by atoms with van der Waals surface area (Å²) in [6, 6.07) is 0. The third kappa shape index (κ3) is 3.23. The second-order valence-corrected chi connectivity index (χ2v) is 3.33. The maximum atomic E-state index is 11.6. The standard InChI is InChI=1S/C11H17N3O/c1-4-6-9(3)11(15)13-10-7-12-14(5-2)8-10/h6-8H,4-5H2,1-3H3,(H,13,15)/b9-6-. The van der Waals surface area contributed by atoms with Crippen molar-refractivity contribution in [3.8, 4) is 0 Å². The lowest BCUT2D eigenvalue weighted by Gasteiger charge is -2.01. The number of aryl methyl sites for hydroxylation is 1. The second kappa shape index (κ2) is 5.34. The lowest BCUT2D eigenvalue weighted by atomic mass is 10.2. The van der Waals surface area contributed by atoms with Gasteiger partial charge in [-0.15, -0.1) is 0 Å². The van der Waals surface area contributed by atoms with Crippen LogP contribution in [0.15, 0.2) is 24.0 Å². The van der Waals surface area contributed by atoms with Crippen LogP contribution in [0.3, 0.4) is 0 Å². The molecule has 82 valence electrons. The first-order valence-electron chi connectivity index (χ1n) is 5.18.